The third-order valence-corrected chi connectivity index (χ3v) is 2.11. The summed E-state index contributed by atoms with van der Waals surface area (Å²) >= 11 is 0. The Morgan fingerprint density at radius 1 is 1.42 bits per heavy atom. The lowest BCUT2D eigenvalue weighted by molar-refractivity contribution is 0.154. The van der Waals surface area contributed by atoms with Crippen molar-refractivity contribution in [3.05, 3.63) is 0 Å². The molecule has 0 aromatic carbocycles. The lowest BCUT2D eigenvalue weighted by Gasteiger charge is -2.27. The zero-order chi connectivity index (χ0) is 9.40. The summed E-state index contributed by atoms with van der Waals surface area (Å²) in [5.74, 6) is 0. The second-order valence-electron chi connectivity index (χ2n) is 3.19. The molecule has 0 saturated carbocycles. The van der Waals surface area contributed by atoms with E-state index in [4.69, 9.17) is 10.8 Å². The van der Waals surface area contributed by atoms with E-state index in [2.05, 4.69) is 18.7 Å². The monoisotopic (exact) mass is 174 g/mol. The number of nitrogens with zero attached hydrogens (tertiary/aromatic N) is 1. The van der Waals surface area contributed by atoms with Gasteiger partial charge in [-0.15, -0.1) is 0 Å². The van der Waals surface area contributed by atoms with Gasteiger partial charge in [-0.25, -0.2) is 0 Å². The predicted octanol–water partition coefficient (Wildman–Crippen LogP) is 0.428. The highest BCUT2D eigenvalue weighted by Gasteiger charge is 2.10. The quantitative estimate of drug-likeness (QED) is 0.588. The van der Waals surface area contributed by atoms with Gasteiger partial charge in [-0.2, -0.15) is 0 Å². The van der Waals surface area contributed by atoms with E-state index in [1.807, 2.05) is 0 Å². The fraction of sp³-hybridized carbons (Fsp3) is 1.00. The van der Waals surface area contributed by atoms with Crippen LogP contribution in [0.4, 0.5) is 0 Å². The summed E-state index contributed by atoms with van der Waals surface area (Å²) in [5, 5.41) is 8.81. The van der Waals surface area contributed by atoms with Crippen LogP contribution >= 0.6 is 0 Å². The van der Waals surface area contributed by atoms with Gasteiger partial charge in [-0.3, -0.25) is 4.90 Å². The van der Waals surface area contributed by atoms with Crippen molar-refractivity contribution in [3.63, 3.8) is 0 Å². The van der Waals surface area contributed by atoms with Gasteiger partial charge in [-0.05, 0) is 32.9 Å². The Kier molecular flexibility index (Phi) is 7.45. The number of hydrogen-bond acceptors (Lipinski definition) is 3. The Hall–Kier alpha value is -0.120. The second-order valence-corrected chi connectivity index (χ2v) is 3.19. The first-order chi connectivity index (χ1) is 5.76. The Balaban J connectivity index is 3.72. The fourth-order valence-electron chi connectivity index (χ4n) is 1.39. The van der Waals surface area contributed by atoms with Gasteiger partial charge >= 0.3 is 0 Å². The van der Waals surface area contributed by atoms with Gasteiger partial charge in [0.1, 0.15) is 0 Å². The van der Waals surface area contributed by atoms with Crippen LogP contribution in [-0.4, -0.2) is 42.3 Å². The maximum absolute atomic E-state index is 8.81. The normalized spacial score (nSPS) is 13.8. The minimum absolute atomic E-state index is 0.245. The molecule has 0 rings (SSSR count). The molecule has 12 heavy (non-hydrogen) atoms. The molecule has 3 N–H and O–H groups in total. The molecule has 0 heterocycles. The zero-order valence-corrected chi connectivity index (χ0v) is 8.29. The summed E-state index contributed by atoms with van der Waals surface area (Å²) in [7, 11) is 0. The molecule has 0 amide bonds. The minimum atomic E-state index is 0.245. The van der Waals surface area contributed by atoms with Crippen molar-refractivity contribution >= 4 is 0 Å². The third-order valence-electron chi connectivity index (χ3n) is 2.11. The molecule has 74 valence electrons. The molecule has 0 aromatic heterocycles. The number of aliphatic hydroxyl groups excluding tert-OH is 1. The van der Waals surface area contributed by atoms with Crippen molar-refractivity contribution in [2.45, 2.75) is 32.7 Å². The van der Waals surface area contributed by atoms with E-state index in [1.165, 1.54) is 0 Å². The maximum atomic E-state index is 8.81. The van der Waals surface area contributed by atoms with E-state index < -0.39 is 0 Å². The van der Waals surface area contributed by atoms with Gasteiger partial charge in [0.05, 0.1) is 6.61 Å². The fourth-order valence-corrected chi connectivity index (χ4v) is 1.39. The molecule has 0 bridgehead atoms. The molecule has 3 heteroatoms. The molecule has 0 saturated heterocycles. The Morgan fingerprint density at radius 3 is 2.50 bits per heavy atom. The van der Waals surface area contributed by atoms with E-state index in [0.717, 1.165) is 32.5 Å². The van der Waals surface area contributed by atoms with Crippen LogP contribution in [0, 0.1) is 0 Å². The number of rotatable bonds is 7. The number of hydrogen-bond donors (Lipinski definition) is 2. The molecule has 0 fully saturated rings. The van der Waals surface area contributed by atoms with Crippen molar-refractivity contribution in [2.75, 3.05) is 26.2 Å². The lowest BCUT2D eigenvalue weighted by atomic mass is 10.2. The summed E-state index contributed by atoms with van der Waals surface area (Å²) in [6.45, 7) is 7.12. The van der Waals surface area contributed by atoms with Gasteiger partial charge < -0.3 is 10.8 Å². The summed E-state index contributed by atoms with van der Waals surface area (Å²) in [4.78, 5) is 2.28. The van der Waals surface area contributed by atoms with Crippen molar-refractivity contribution in [1.29, 1.82) is 0 Å². The first kappa shape index (κ1) is 11.9. The summed E-state index contributed by atoms with van der Waals surface area (Å²) in [6.07, 6.45) is 2.15. The number of aliphatic hydroxyl groups is 1. The highest BCUT2D eigenvalue weighted by atomic mass is 16.3. The summed E-state index contributed by atoms with van der Waals surface area (Å²) < 4.78 is 0. The van der Waals surface area contributed by atoms with Crippen LogP contribution in [0.3, 0.4) is 0 Å². The molecule has 0 radical (unpaired) electrons. The van der Waals surface area contributed by atoms with Gasteiger partial charge in [0.2, 0.25) is 0 Å². The van der Waals surface area contributed by atoms with E-state index in [0.29, 0.717) is 6.04 Å². The van der Waals surface area contributed by atoms with Crippen LogP contribution in [0.5, 0.6) is 0 Å². The molecule has 1 atom stereocenters. The molecular weight excluding hydrogens is 152 g/mol. The SMILES string of the molecule is CCCN(CCO)C(C)CCN. The largest absolute Gasteiger partial charge is 0.395 e. The Morgan fingerprint density at radius 2 is 2.08 bits per heavy atom. The molecule has 1 unspecified atom stereocenters. The van der Waals surface area contributed by atoms with Crippen LogP contribution in [0.25, 0.3) is 0 Å². The molecular formula is C9H22N2O. The second kappa shape index (κ2) is 7.53. The lowest BCUT2D eigenvalue weighted by Crippen LogP contribution is -2.37. The minimum Gasteiger partial charge on any atom is -0.395 e. The average Bonchev–Trinajstić information content (AvgIpc) is 2.04. The summed E-state index contributed by atoms with van der Waals surface area (Å²) in [5.41, 5.74) is 5.47. The average molecular weight is 174 g/mol. The Labute approximate surface area is 75.6 Å². The van der Waals surface area contributed by atoms with Crippen LogP contribution in [0.15, 0.2) is 0 Å². The van der Waals surface area contributed by atoms with Crippen LogP contribution < -0.4 is 5.73 Å². The smallest absolute Gasteiger partial charge is 0.0558 e. The van der Waals surface area contributed by atoms with Gasteiger partial charge in [0.15, 0.2) is 0 Å². The standard InChI is InChI=1S/C9H22N2O/c1-3-6-11(7-8-12)9(2)4-5-10/h9,12H,3-8,10H2,1-2H3. The van der Waals surface area contributed by atoms with Crippen LogP contribution in [-0.2, 0) is 0 Å². The van der Waals surface area contributed by atoms with Crippen molar-refractivity contribution < 1.29 is 5.11 Å². The first-order valence-corrected chi connectivity index (χ1v) is 4.81. The van der Waals surface area contributed by atoms with E-state index >= 15 is 0 Å². The first-order valence-electron chi connectivity index (χ1n) is 4.81. The van der Waals surface area contributed by atoms with Gasteiger partial charge in [0, 0.05) is 12.6 Å². The Bertz CT molecular complexity index is 92.5. The van der Waals surface area contributed by atoms with Gasteiger partial charge in [-0.1, -0.05) is 6.92 Å². The van der Waals surface area contributed by atoms with E-state index in [-0.39, 0.29) is 6.61 Å². The van der Waals surface area contributed by atoms with E-state index in [9.17, 15) is 0 Å². The molecule has 0 aromatic rings. The molecule has 0 aliphatic rings. The zero-order valence-electron chi connectivity index (χ0n) is 8.29. The van der Waals surface area contributed by atoms with Gasteiger partial charge in [0.25, 0.3) is 0 Å². The van der Waals surface area contributed by atoms with E-state index in [1.54, 1.807) is 0 Å². The molecule has 0 aliphatic heterocycles. The number of nitrogens with two attached hydrogens (primary N) is 1. The van der Waals surface area contributed by atoms with Crippen molar-refractivity contribution in [2.24, 2.45) is 5.73 Å². The van der Waals surface area contributed by atoms with Crippen molar-refractivity contribution in [3.8, 4) is 0 Å². The highest BCUT2D eigenvalue weighted by Crippen LogP contribution is 2.02. The third kappa shape index (κ3) is 4.70. The topological polar surface area (TPSA) is 49.5 Å². The molecule has 0 aliphatic carbocycles. The van der Waals surface area contributed by atoms with Crippen LogP contribution in [0.2, 0.25) is 0 Å². The van der Waals surface area contributed by atoms with Crippen molar-refractivity contribution in [1.82, 2.24) is 4.90 Å². The van der Waals surface area contributed by atoms with Crippen LogP contribution in [0.1, 0.15) is 26.7 Å². The highest BCUT2D eigenvalue weighted by molar-refractivity contribution is 4.66. The molecule has 0 spiro atoms. The molecule has 3 nitrogen and oxygen atoms in total. The predicted molar refractivity (Wildman–Crippen MR) is 52.1 cm³/mol. The summed E-state index contributed by atoms with van der Waals surface area (Å²) in [6, 6.07) is 0.502. The maximum Gasteiger partial charge on any atom is 0.0558 e.